The van der Waals surface area contributed by atoms with E-state index in [1.165, 1.54) is 36.0 Å². The number of hydrogen-bond acceptors (Lipinski definition) is 1. The van der Waals surface area contributed by atoms with E-state index in [2.05, 4.69) is 61.5 Å². The van der Waals surface area contributed by atoms with Crippen LogP contribution in [0.15, 0.2) is 54.6 Å². The van der Waals surface area contributed by atoms with Crippen molar-refractivity contribution in [1.29, 1.82) is 0 Å². The van der Waals surface area contributed by atoms with Crippen molar-refractivity contribution in [3.05, 3.63) is 71.3 Å². The molecule has 0 aliphatic heterocycles. The summed E-state index contributed by atoms with van der Waals surface area (Å²) >= 11 is 0. The van der Waals surface area contributed by atoms with Crippen molar-refractivity contribution >= 4 is 0 Å². The Morgan fingerprint density at radius 1 is 1.05 bits per heavy atom. The highest BCUT2D eigenvalue weighted by molar-refractivity contribution is 5.36. The fraction of sp³-hybridized carbons (Fsp3) is 0.400. The topological polar surface area (TPSA) is 26.0 Å². The molecular formula is C20H25N. The minimum Gasteiger partial charge on any atom is -0.321 e. The van der Waals surface area contributed by atoms with Crippen LogP contribution in [0.25, 0.3) is 0 Å². The molecule has 1 heteroatoms. The third-order valence-electron chi connectivity index (χ3n) is 5.03. The standard InChI is InChI=1S/C20H25N/c1-2-16-9-8-12-18(15-16)20(21)14-7-6-13-19(20)17-10-4-3-5-11-17/h3-5,8-12,15,19H,2,6-7,13-14,21H2,1H3. The zero-order chi connectivity index (χ0) is 14.7. The van der Waals surface area contributed by atoms with Crippen LogP contribution >= 0.6 is 0 Å². The molecule has 0 radical (unpaired) electrons. The maximum atomic E-state index is 6.98. The van der Waals surface area contributed by atoms with E-state index in [4.69, 9.17) is 5.73 Å². The Labute approximate surface area is 128 Å². The molecule has 110 valence electrons. The van der Waals surface area contributed by atoms with Crippen molar-refractivity contribution in [2.24, 2.45) is 5.73 Å². The maximum absolute atomic E-state index is 6.98. The largest absolute Gasteiger partial charge is 0.321 e. The number of benzene rings is 2. The van der Waals surface area contributed by atoms with Crippen LogP contribution in [0.1, 0.15) is 55.2 Å². The highest BCUT2D eigenvalue weighted by Gasteiger charge is 2.39. The molecule has 1 aliphatic carbocycles. The van der Waals surface area contributed by atoms with Crippen molar-refractivity contribution in [2.75, 3.05) is 0 Å². The summed E-state index contributed by atoms with van der Waals surface area (Å²) in [6.07, 6.45) is 5.86. The summed E-state index contributed by atoms with van der Waals surface area (Å²) in [6.45, 7) is 2.21. The van der Waals surface area contributed by atoms with Crippen LogP contribution in [0.5, 0.6) is 0 Å². The molecule has 1 saturated carbocycles. The summed E-state index contributed by atoms with van der Waals surface area (Å²) in [5.41, 5.74) is 10.9. The fourth-order valence-electron chi connectivity index (χ4n) is 3.77. The van der Waals surface area contributed by atoms with E-state index in [1.807, 2.05) is 0 Å². The number of nitrogens with two attached hydrogens (primary N) is 1. The molecule has 0 aromatic heterocycles. The van der Waals surface area contributed by atoms with E-state index in [0.717, 1.165) is 12.8 Å². The average molecular weight is 279 g/mol. The van der Waals surface area contributed by atoms with Gasteiger partial charge < -0.3 is 5.73 Å². The van der Waals surface area contributed by atoms with Gasteiger partial charge in [-0.15, -0.1) is 0 Å². The Bertz CT molecular complexity index is 590. The SMILES string of the molecule is CCc1cccc(C2(N)CCCCC2c2ccccc2)c1. The molecular weight excluding hydrogens is 254 g/mol. The molecule has 2 aromatic carbocycles. The van der Waals surface area contributed by atoms with Crippen LogP contribution in [0, 0.1) is 0 Å². The van der Waals surface area contributed by atoms with Gasteiger partial charge >= 0.3 is 0 Å². The van der Waals surface area contributed by atoms with Crippen LogP contribution < -0.4 is 5.73 Å². The highest BCUT2D eigenvalue weighted by Crippen LogP contribution is 2.45. The van der Waals surface area contributed by atoms with Crippen LogP contribution in [0.2, 0.25) is 0 Å². The lowest BCUT2D eigenvalue weighted by atomic mass is 9.66. The zero-order valence-corrected chi connectivity index (χ0v) is 12.9. The Morgan fingerprint density at radius 2 is 1.86 bits per heavy atom. The molecule has 2 aromatic rings. The van der Waals surface area contributed by atoms with E-state index in [-0.39, 0.29) is 5.54 Å². The molecule has 0 heterocycles. The minimum atomic E-state index is -0.217. The fourth-order valence-corrected chi connectivity index (χ4v) is 3.77. The van der Waals surface area contributed by atoms with E-state index < -0.39 is 0 Å². The zero-order valence-electron chi connectivity index (χ0n) is 12.9. The van der Waals surface area contributed by atoms with Crippen LogP contribution in [-0.2, 0) is 12.0 Å². The molecule has 2 unspecified atom stereocenters. The van der Waals surface area contributed by atoms with Crippen LogP contribution in [0.4, 0.5) is 0 Å². The van der Waals surface area contributed by atoms with E-state index in [9.17, 15) is 0 Å². The normalized spacial score (nSPS) is 25.7. The van der Waals surface area contributed by atoms with Crippen molar-refractivity contribution in [3.63, 3.8) is 0 Å². The Morgan fingerprint density at radius 3 is 2.62 bits per heavy atom. The molecule has 0 amide bonds. The minimum absolute atomic E-state index is 0.217. The summed E-state index contributed by atoms with van der Waals surface area (Å²) < 4.78 is 0. The van der Waals surface area contributed by atoms with Gasteiger partial charge in [-0.05, 0) is 36.0 Å². The van der Waals surface area contributed by atoms with Crippen molar-refractivity contribution in [2.45, 2.75) is 50.5 Å². The first kappa shape index (κ1) is 14.3. The van der Waals surface area contributed by atoms with E-state index in [0.29, 0.717) is 5.92 Å². The molecule has 1 aliphatic rings. The molecule has 3 rings (SSSR count). The first-order valence-electron chi connectivity index (χ1n) is 8.17. The molecule has 0 saturated heterocycles. The van der Waals surface area contributed by atoms with Crippen molar-refractivity contribution in [3.8, 4) is 0 Å². The second-order valence-electron chi connectivity index (χ2n) is 6.30. The lowest BCUT2D eigenvalue weighted by Gasteiger charge is -2.42. The molecule has 0 spiro atoms. The molecule has 1 fully saturated rings. The second-order valence-corrected chi connectivity index (χ2v) is 6.30. The molecule has 2 atom stereocenters. The third kappa shape index (κ3) is 2.75. The molecule has 2 N–H and O–H groups in total. The van der Waals surface area contributed by atoms with Gasteiger partial charge in [-0.2, -0.15) is 0 Å². The summed E-state index contributed by atoms with van der Waals surface area (Å²) in [4.78, 5) is 0. The molecule has 0 bridgehead atoms. The summed E-state index contributed by atoms with van der Waals surface area (Å²) in [6, 6.07) is 19.7. The predicted octanol–water partition coefficient (Wildman–Crippen LogP) is 4.76. The number of rotatable bonds is 3. The highest BCUT2D eigenvalue weighted by atomic mass is 14.8. The van der Waals surface area contributed by atoms with Crippen molar-refractivity contribution < 1.29 is 0 Å². The number of aryl methyl sites for hydroxylation is 1. The maximum Gasteiger partial charge on any atom is 0.0479 e. The summed E-state index contributed by atoms with van der Waals surface area (Å²) in [5.74, 6) is 0.430. The van der Waals surface area contributed by atoms with Gasteiger partial charge in [-0.25, -0.2) is 0 Å². The first-order valence-corrected chi connectivity index (χ1v) is 8.17. The Balaban J connectivity index is 2.02. The van der Waals surface area contributed by atoms with Crippen LogP contribution in [0.3, 0.4) is 0 Å². The lowest BCUT2D eigenvalue weighted by molar-refractivity contribution is 0.254. The smallest absolute Gasteiger partial charge is 0.0479 e. The quantitative estimate of drug-likeness (QED) is 0.861. The van der Waals surface area contributed by atoms with Crippen molar-refractivity contribution in [1.82, 2.24) is 0 Å². The lowest BCUT2D eigenvalue weighted by Crippen LogP contribution is -2.45. The van der Waals surface area contributed by atoms with Gasteiger partial charge in [0.25, 0.3) is 0 Å². The van der Waals surface area contributed by atoms with Gasteiger partial charge in [-0.1, -0.05) is 74.4 Å². The van der Waals surface area contributed by atoms with E-state index >= 15 is 0 Å². The van der Waals surface area contributed by atoms with Gasteiger partial charge in [0.05, 0.1) is 0 Å². The van der Waals surface area contributed by atoms with Gasteiger partial charge in [0.2, 0.25) is 0 Å². The predicted molar refractivity (Wildman–Crippen MR) is 89.3 cm³/mol. The molecule has 21 heavy (non-hydrogen) atoms. The average Bonchev–Trinajstić information content (AvgIpc) is 2.56. The first-order chi connectivity index (χ1) is 10.2. The number of hydrogen-bond donors (Lipinski definition) is 1. The second kappa shape index (κ2) is 6.03. The third-order valence-corrected chi connectivity index (χ3v) is 5.03. The summed E-state index contributed by atoms with van der Waals surface area (Å²) in [7, 11) is 0. The van der Waals surface area contributed by atoms with Crippen LogP contribution in [-0.4, -0.2) is 0 Å². The van der Waals surface area contributed by atoms with E-state index in [1.54, 1.807) is 0 Å². The Kier molecular flexibility index (Phi) is 4.12. The monoisotopic (exact) mass is 279 g/mol. The van der Waals surface area contributed by atoms with Gasteiger partial charge in [0.1, 0.15) is 0 Å². The summed E-state index contributed by atoms with van der Waals surface area (Å²) in [5, 5.41) is 0. The van der Waals surface area contributed by atoms with Gasteiger partial charge in [-0.3, -0.25) is 0 Å². The Hall–Kier alpha value is -1.60. The molecule has 1 nitrogen and oxygen atoms in total. The van der Waals surface area contributed by atoms with Gasteiger partial charge in [0, 0.05) is 11.5 Å². The van der Waals surface area contributed by atoms with Gasteiger partial charge in [0.15, 0.2) is 0 Å².